The van der Waals surface area contributed by atoms with Crippen LogP contribution in [0, 0.1) is 12.8 Å². The summed E-state index contributed by atoms with van der Waals surface area (Å²) < 4.78 is 5.52. The Labute approximate surface area is 261 Å². The lowest BCUT2D eigenvalue weighted by Gasteiger charge is -2.36. The summed E-state index contributed by atoms with van der Waals surface area (Å²) in [5, 5.41) is 3.89. The highest BCUT2D eigenvalue weighted by atomic mass is 32.2. The molecule has 0 radical (unpaired) electrons. The molecule has 0 bridgehead atoms. The van der Waals surface area contributed by atoms with Crippen LogP contribution >= 0.6 is 23.5 Å². The first-order valence-electron chi connectivity index (χ1n) is 15.1. The first-order chi connectivity index (χ1) is 21.0. The standard InChI is InChI=1S/C34H37N5O2S2/c1-22-8-10-27(35-20-22)33(23-5-4-12-38(2)21-23)36-24-9-11-29-31(17-24)42-30-7-3-6-26(34(30)43-29)28-18-25(19-32(40)37-28)39-13-15-41-16-14-39/h3,6-11,17-20,23,33,36H,4-5,12-16,21H2,1-2H3,(H,37,40). The zero-order valence-corrected chi connectivity index (χ0v) is 26.3. The molecule has 2 saturated heterocycles. The fourth-order valence-electron chi connectivity index (χ4n) is 6.34. The number of aryl methyl sites for hydroxylation is 1. The molecule has 43 heavy (non-hydrogen) atoms. The Morgan fingerprint density at radius 2 is 1.88 bits per heavy atom. The fourth-order valence-corrected chi connectivity index (χ4v) is 8.75. The number of benzene rings is 2. The number of aromatic amines is 1. The van der Waals surface area contributed by atoms with Crippen molar-refractivity contribution >= 4 is 34.9 Å². The van der Waals surface area contributed by atoms with Gasteiger partial charge in [-0.3, -0.25) is 9.78 Å². The van der Waals surface area contributed by atoms with Gasteiger partial charge in [0.15, 0.2) is 0 Å². The number of piperidine rings is 1. The normalized spacial score (nSPS) is 19.4. The molecule has 2 fully saturated rings. The summed E-state index contributed by atoms with van der Waals surface area (Å²) in [5.41, 5.74) is 6.19. The number of likely N-dealkylation sites (tertiary alicyclic amines) is 1. The van der Waals surface area contributed by atoms with Crippen molar-refractivity contribution in [2.75, 3.05) is 56.7 Å². The van der Waals surface area contributed by atoms with Gasteiger partial charge in [0.2, 0.25) is 5.56 Å². The van der Waals surface area contributed by atoms with Crippen LogP contribution in [0.15, 0.2) is 91.2 Å². The van der Waals surface area contributed by atoms with Crippen molar-refractivity contribution < 1.29 is 4.74 Å². The van der Waals surface area contributed by atoms with E-state index in [0.717, 1.165) is 54.5 Å². The Morgan fingerprint density at radius 1 is 1.00 bits per heavy atom. The average molecular weight is 612 g/mol. The van der Waals surface area contributed by atoms with Crippen LogP contribution in [0.2, 0.25) is 0 Å². The summed E-state index contributed by atoms with van der Waals surface area (Å²) in [5.74, 6) is 0.491. The second-order valence-corrected chi connectivity index (χ2v) is 13.9. The molecule has 7 nitrogen and oxygen atoms in total. The van der Waals surface area contributed by atoms with E-state index < -0.39 is 0 Å². The number of hydrogen-bond acceptors (Lipinski definition) is 8. The van der Waals surface area contributed by atoms with E-state index >= 15 is 0 Å². The maximum absolute atomic E-state index is 12.7. The first-order valence-corrected chi connectivity index (χ1v) is 16.7. The maximum atomic E-state index is 12.7. The summed E-state index contributed by atoms with van der Waals surface area (Å²) in [4.78, 5) is 30.2. The van der Waals surface area contributed by atoms with Crippen LogP contribution in [0.3, 0.4) is 0 Å². The van der Waals surface area contributed by atoms with Crippen LogP contribution in [0.4, 0.5) is 11.4 Å². The van der Waals surface area contributed by atoms with Gasteiger partial charge >= 0.3 is 0 Å². The Hall–Kier alpha value is -3.24. The van der Waals surface area contributed by atoms with Crippen molar-refractivity contribution in [1.29, 1.82) is 0 Å². The number of nitrogens with zero attached hydrogens (tertiary/aromatic N) is 3. The number of anilines is 2. The minimum Gasteiger partial charge on any atom is -0.378 e. The minimum atomic E-state index is -0.0806. The smallest absolute Gasteiger partial charge is 0.250 e. The lowest BCUT2D eigenvalue weighted by molar-refractivity contribution is 0.122. The van der Waals surface area contributed by atoms with Gasteiger partial charge in [-0.25, -0.2) is 0 Å². The van der Waals surface area contributed by atoms with Crippen LogP contribution in [0.5, 0.6) is 0 Å². The van der Waals surface area contributed by atoms with Crippen molar-refractivity contribution in [1.82, 2.24) is 14.9 Å². The number of ether oxygens (including phenoxy) is 1. The maximum Gasteiger partial charge on any atom is 0.250 e. The zero-order valence-electron chi connectivity index (χ0n) is 24.6. The molecule has 5 heterocycles. The van der Waals surface area contributed by atoms with E-state index in [-0.39, 0.29) is 11.6 Å². The van der Waals surface area contributed by atoms with Gasteiger partial charge < -0.3 is 24.8 Å². The second kappa shape index (κ2) is 12.4. The average Bonchev–Trinajstić information content (AvgIpc) is 3.03. The van der Waals surface area contributed by atoms with Crippen molar-refractivity contribution in [3.05, 3.63) is 88.5 Å². The molecule has 4 aromatic rings. The number of hydrogen-bond donors (Lipinski definition) is 2. The van der Waals surface area contributed by atoms with Gasteiger partial charge in [0.25, 0.3) is 0 Å². The first kappa shape index (κ1) is 28.5. The van der Waals surface area contributed by atoms with E-state index in [0.29, 0.717) is 19.1 Å². The van der Waals surface area contributed by atoms with Gasteiger partial charge in [0.1, 0.15) is 0 Å². The Balaban J connectivity index is 1.16. The van der Waals surface area contributed by atoms with Crippen LogP contribution in [0.1, 0.15) is 30.1 Å². The Morgan fingerprint density at radius 3 is 2.70 bits per heavy atom. The number of pyridine rings is 2. The molecule has 2 N–H and O–H groups in total. The molecule has 0 saturated carbocycles. The molecule has 2 atom stereocenters. The van der Waals surface area contributed by atoms with Gasteiger partial charge in [0.05, 0.1) is 30.6 Å². The molecule has 0 spiro atoms. The van der Waals surface area contributed by atoms with Crippen LogP contribution in [-0.4, -0.2) is 61.3 Å². The number of H-pyrrole nitrogens is 1. The molecule has 2 aromatic carbocycles. The number of fused-ring (bicyclic) bond motifs is 2. The molecule has 3 aliphatic rings. The highest BCUT2D eigenvalue weighted by Gasteiger charge is 2.29. The summed E-state index contributed by atoms with van der Waals surface area (Å²) in [6.07, 6.45) is 4.38. The van der Waals surface area contributed by atoms with Crippen molar-refractivity contribution in [2.24, 2.45) is 5.92 Å². The van der Waals surface area contributed by atoms with Gasteiger partial charge in [-0.1, -0.05) is 41.7 Å². The quantitative estimate of drug-likeness (QED) is 0.220. The third-order valence-electron chi connectivity index (χ3n) is 8.56. The van der Waals surface area contributed by atoms with Crippen molar-refractivity contribution in [2.45, 2.75) is 45.4 Å². The van der Waals surface area contributed by atoms with E-state index in [4.69, 9.17) is 9.72 Å². The largest absolute Gasteiger partial charge is 0.378 e. The zero-order chi connectivity index (χ0) is 29.3. The van der Waals surface area contributed by atoms with Gasteiger partial charge in [-0.2, -0.15) is 0 Å². The van der Waals surface area contributed by atoms with Gasteiger partial charge in [-0.05, 0) is 81.2 Å². The molecule has 0 aliphatic carbocycles. The van der Waals surface area contributed by atoms with E-state index in [1.165, 1.54) is 38.0 Å². The molecule has 3 aliphatic heterocycles. The summed E-state index contributed by atoms with van der Waals surface area (Å²) >= 11 is 3.58. The molecule has 7 rings (SSSR count). The lowest BCUT2D eigenvalue weighted by Crippen LogP contribution is -2.37. The van der Waals surface area contributed by atoms with E-state index in [9.17, 15) is 4.79 Å². The molecule has 2 unspecified atom stereocenters. The lowest BCUT2D eigenvalue weighted by atomic mass is 9.88. The van der Waals surface area contributed by atoms with Crippen LogP contribution in [0.25, 0.3) is 11.3 Å². The van der Waals surface area contributed by atoms with E-state index in [1.807, 2.05) is 6.20 Å². The predicted octanol–water partition coefficient (Wildman–Crippen LogP) is 6.69. The molecule has 2 aromatic heterocycles. The van der Waals surface area contributed by atoms with Gasteiger partial charge in [-0.15, -0.1) is 0 Å². The monoisotopic (exact) mass is 611 g/mol. The summed E-state index contributed by atoms with van der Waals surface area (Å²) in [6, 6.07) is 21.4. The highest BCUT2D eigenvalue weighted by molar-refractivity contribution is 8.05. The fraction of sp³-hybridized carbons (Fsp3) is 0.353. The van der Waals surface area contributed by atoms with E-state index in [1.54, 1.807) is 29.6 Å². The third-order valence-corrected chi connectivity index (χ3v) is 11.2. The number of morpholine rings is 1. The Kier molecular flexibility index (Phi) is 8.23. The van der Waals surface area contributed by atoms with E-state index in [2.05, 4.69) is 88.7 Å². The minimum absolute atomic E-state index is 0.0806. The Bertz CT molecular complexity index is 1670. The topological polar surface area (TPSA) is 73.5 Å². The van der Waals surface area contributed by atoms with Crippen molar-refractivity contribution in [3.8, 4) is 11.3 Å². The number of rotatable bonds is 6. The number of nitrogens with one attached hydrogen (secondary N) is 2. The molecule has 222 valence electrons. The van der Waals surface area contributed by atoms with Crippen LogP contribution in [-0.2, 0) is 4.74 Å². The SMILES string of the molecule is Cc1ccc(C(Nc2ccc3c(c2)Sc2cccc(-c4cc(N5CCOCC5)cc(=O)[nH]4)c2S3)C2CCCN(C)C2)nc1. The molecular formula is C34H37N5O2S2. The number of aromatic nitrogens is 2. The summed E-state index contributed by atoms with van der Waals surface area (Å²) in [6.45, 7) is 7.27. The molecule has 0 amide bonds. The third kappa shape index (κ3) is 6.22. The molecule has 9 heteroatoms. The van der Waals surface area contributed by atoms with Crippen molar-refractivity contribution in [3.63, 3.8) is 0 Å². The highest BCUT2D eigenvalue weighted by Crippen LogP contribution is 2.52. The second-order valence-electron chi connectivity index (χ2n) is 11.8. The predicted molar refractivity (Wildman–Crippen MR) is 176 cm³/mol. The van der Waals surface area contributed by atoms with Gasteiger partial charge in [0, 0.05) is 68.4 Å². The summed E-state index contributed by atoms with van der Waals surface area (Å²) in [7, 11) is 2.22. The van der Waals surface area contributed by atoms with Crippen LogP contribution < -0.4 is 15.8 Å². The molecular weight excluding hydrogens is 575 g/mol.